The summed E-state index contributed by atoms with van der Waals surface area (Å²) in [6.07, 6.45) is 3.13. The van der Waals surface area contributed by atoms with Crippen LogP contribution in [0.4, 0.5) is 0 Å². The van der Waals surface area contributed by atoms with Crippen LogP contribution < -0.4 is 0 Å². The number of ether oxygens (including phenoxy) is 2. The second kappa shape index (κ2) is 2.47. The first-order valence-electron chi connectivity index (χ1n) is 5.11. The third-order valence-corrected chi connectivity index (χ3v) is 3.95. The number of rotatable bonds is 1. The van der Waals surface area contributed by atoms with Crippen LogP contribution in [0.25, 0.3) is 0 Å². The molecule has 0 aromatic heterocycles. The molecule has 1 heterocycles. The maximum Gasteiger partial charge on any atom is 0.236 e. The van der Waals surface area contributed by atoms with Gasteiger partial charge in [-0.1, -0.05) is 11.6 Å². The summed E-state index contributed by atoms with van der Waals surface area (Å²) in [5.41, 5.74) is 1.20. The van der Waals surface area contributed by atoms with Crippen molar-refractivity contribution in [2.24, 2.45) is 17.8 Å². The summed E-state index contributed by atoms with van der Waals surface area (Å²) < 4.78 is 10.9. The second-order valence-corrected chi connectivity index (χ2v) is 4.53. The van der Waals surface area contributed by atoms with Crippen LogP contribution in [0.5, 0.6) is 0 Å². The summed E-state index contributed by atoms with van der Waals surface area (Å²) in [5, 5.41) is 0. The van der Waals surface area contributed by atoms with E-state index in [0.29, 0.717) is 12.5 Å². The molecule has 0 spiro atoms. The normalized spacial score (nSPS) is 49.7. The number of hydrogen-bond acceptors (Lipinski definition) is 3. The molecule has 4 aliphatic rings. The fourth-order valence-corrected chi connectivity index (χ4v) is 3.18. The molecule has 1 saturated carbocycles. The minimum Gasteiger partial charge on any atom is -0.347 e. The Labute approximate surface area is 83.1 Å². The summed E-state index contributed by atoms with van der Waals surface area (Å²) in [5.74, 6) is -0.0925. The molecule has 0 aromatic rings. The predicted octanol–water partition coefficient (Wildman–Crippen LogP) is 1.14. The van der Waals surface area contributed by atoms with E-state index in [0.717, 1.165) is 6.42 Å². The summed E-state index contributed by atoms with van der Waals surface area (Å²) in [4.78, 5) is 12.1. The van der Waals surface area contributed by atoms with E-state index in [1.54, 1.807) is 7.11 Å². The van der Waals surface area contributed by atoms with Gasteiger partial charge in [-0.3, -0.25) is 4.79 Å². The lowest BCUT2D eigenvalue weighted by molar-refractivity contribution is -0.215. The average Bonchev–Trinajstić information content (AvgIpc) is 2.48. The molecule has 3 nitrogen and oxygen atoms in total. The van der Waals surface area contributed by atoms with Gasteiger partial charge < -0.3 is 9.47 Å². The SMILES string of the molecule is CO[C@@]12OC[C@@H]3C[C@H](C1=O)C(C)=C[C@H]32. The van der Waals surface area contributed by atoms with E-state index < -0.39 is 5.79 Å². The Hall–Kier alpha value is -0.670. The van der Waals surface area contributed by atoms with Crippen molar-refractivity contribution in [3.63, 3.8) is 0 Å². The first-order valence-corrected chi connectivity index (χ1v) is 5.11. The molecular weight excluding hydrogens is 180 g/mol. The van der Waals surface area contributed by atoms with Gasteiger partial charge in [0.25, 0.3) is 0 Å². The number of carbonyl (C=O) groups is 1. The number of ketones is 1. The van der Waals surface area contributed by atoms with Gasteiger partial charge >= 0.3 is 0 Å². The minimum absolute atomic E-state index is 0.0486. The predicted molar refractivity (Wildman–Crippen MR) is 49.5 cm³/mol. The molecule has 14 heavy (non-hydrogen) atoms. The zero-order valence-electron chi connectivity index (χ0n) is 8.45. The summed E-state index contributed by atoms with van der Waals surface area (Å²) in [7, 11) is 1.57. The molecular formula is C11H14O3. The van der Waals surface area contributed by atoms with Crippen molar-refractivity contribution < 1.29 is 14.3 Å². The van der Waals surface area contributed by atoms with Crippen LogP contribution in [0.3, 0.4) is 0 Å². The van der Waals surface area contributed by atoms with Crippen molar-refractivity contribution in [3.05, 3.63) is 11.6 Å². The van der Waals surface area contributed by atoms with Crippen LogP contribution in [-0.2, 0) is 14.3 Å². The van der Waals surface area contributed by atoms with E-state index in [1.807, 2.05) is 6.92 Å². The lowest BCUT2D eigenvalue weighted by Crippen LogP contribution is -2.55. The van der Waals surface area contributed by atoms with Crippen LogP contribution in [0.15, 0.2) is 11.6 Å². The highest BCUT2D eigenvalue weighted by Crippen LogP contribution is 2.53. The fraction of sp³-hybridized carbons (Fsp3) is 0.727. The largest absolute Gasteiger partial charge is 0.347 e. The fourth-order valence-electron chi connectivity index (χ4n) is 3.18. The van der Waals surface area contributed by atoms with Crippen LogP contribution in [0, 0.1) is 17.8 Å². The topological polar surface area (TPSA) is 35.5 Å². The van der Waals surface area contributed by atoms with E-state index >= 15 is 0 Å². The first-order chi connectivity index (χ1) is 6.69. The number of hydrogen-bond donors (Lipinski definition) is 0. The van der Waals surface area contributed by atoms with Crippen LogP contribution >= 0.6 is 0 Å². The molecule has 76 valence electrons. The highest BCUT2D eigenvalue weighted by molar-refractivity contribution is 5.93. The average molecular weight is 194 g/mol. The Morgan fingerprint density at radius 1 is 1.64 bits per heavy atom. The zero-order chi connectivity index (χ0) is 9.92. The van der Waals surface area contributed by atoms with Crippen LogP contribution in [0.1, 0.15) is 13.3 Å². The Morgan fingerprint density at radius 2 is 2.43 bits per heavy atom. The smallest absolute Gasteiger partial charge is 0.236 e. The van der Waals surface area contributed by atoms with Gasteiger partial charge in [-0.25, -0.2) is 0 Å². The number of carbonyl (C=O) groups excluding carboxylic acids is 1. The Bertz CT molecular complexity index is 333. The van der Waals surface area contributed by atoms with Crippen LogP contribution in [-0.4, -0.2) is 25.3 Å². The molecule has 0 amide bonds. The van der Waals surface area contributed by atoms with Gasteiger partial charge in [0.2, 0.25) is 5.79 Å². The molecule has 4 atom stereocenters. The lowest BCUT2D eigenvalue weighted by Gasteiger charge is -2.43. The van der Waals surface area contributed by atoms with Gasteiger partial charge in [-0.15, -0.1) is 0 Å². The number of methoxy groups -OCH3 is 1. The molecule has 4 bridgehead atoms. The van der Waals surface area contributed by atoms with Gasteiger partial charge in [0, 0.05) is 18.9 Å². The van der Waals surface area contributed by atoms with E-state index in [4.69, 9.17) is 9.47 Å². The molecule has 0 aromatic carbocycles. The van der Waals surface area contributed by atoms with Crippen molar-refractivity contribution in [2.45, 2.75) is 19.1 Å². The third kappa shape index (κ3) is 0.743. The molecule has 0 N–H and O–H groups in total. The Kier molecular flexibility index (Phi) is 1.52. The highest BCUT2D eigenvalue weighted by atomic mass is 16.7. The highest BCUT2D eigenvalue weighted by Gasteiger charge is 2.63. The summed E-state index contributed by atoms with van der Waals surface area (Å²) in [6.45, 7) is 2.71. The van der Waals surface area contributed by atoms with Gasteiger partial charge in [-0.05, 0) is 19.3 Å². The quantitative estimate of drug-likeness (QED) is 0.587. The monoisotopic (exact) mass is 194 g/mol. The van der Waals surface area contributed by atoms with Gasteiger partial charge in [0.1, 0.15) is 0 Å². The maximum absolute atomic E-state index is 12.1. The van der Waals surface area contributed by atoms with Gasteiger partial charge in [0.15, 0.2) is 5.78 Å². The molecule has 0 unspecified atom stereocenters. The molecule has 3 heteroatoms. The second-order valence-electron chi connectivity index (χ2n) is 4.53. The standard InChI is InChI=1S/C11H14O3/c1-6-3-9-7-4-8(6)10(12)11(9,13-2)14-5-7/h3,7-9H,4-5H2,1-2H3/t7-,8-,9+,11-/m0/s1. The zero-order valence-corrected chi connectivity index (χ0v) is 8.45. The maximum atomic E-state index is 12.1. The molecule has 1 aliphatic heterocycles. The molecule has 1 saturated heterocycles. The molecule has 0 radical (unpaired) electrons. The van der Waals surface area contributed by atoms with E-state index in [9.17, 15) is 4.79 Å². The van der Waals surface area contributed by atoms with Crippen LogP contribution in [0.2, 0.25) is 0 Å². The Balaban J connectivity index is 2.15. The van der Waals surface area contributed by atoms with Crippen molar-refractivity contribution in [3.8, 4) is 0 Å². The van der Waals surface area contributed by atoms with Crippen molar-refractivity contribution in [1.29, 1.82) is 0 Å². The van der Waals surface area contributed by atoms with Gasteiger partial charge in [-0.2, -0.15) is 0 Å². The van der Waals surface area contributed by atoms with Crippen molar-refractivity contribution >= 4 is 5.78 Å². The van der Waals surface area contributed by atoms with Crippen molar-refractivity contribution in [1.82, 2.24) is 0 Å². The number of Topliss-reactive ketones (excluding diaryl/α,β-unsaturated/α-hetero) is 1. The third-order valence-electron chi connectivity index (χ3n) is 3.95. The summed E-state index contributed by atoms with van der Waals surface area (Å²) in [6, 6.07) is 0. The Morgan fingerprint density at radius 3 is 3.14 bits per heavy atom. The first kappa shape index (κ1) is 8.62. The number of allylic oxidation sites excluding steroid dienone is 1. The van der Waals surface area contributed by atoms with Crippen molar-refractivity contribution in [2.75, 3.05) is 13.7 Å². The molecule has 2 fully saturated rings. The minimum atomic E-state index is -0.924. The molecule has 4 rings (SSSR count). The van der Waals surface area contributed by atoms with Gasteiger partial charge in [0.05, 0.1) is 6.61 Å². The molecule has 3 aliphatic carbocycles. The van der Waals surface area contributed by atoms with E-state index in [-0.39, 0.29) is 17.6 Å². The lowest BCUT2D eigenvalue weighted by atomic mass is 9.64. The van der Waals surface area contributed by atoms with E-state index in [2.05, 4.69) is 6.08 Å². The van der Waals surface area contributed by atoms with E-state index in [1.165, 1.54) is 5.57 Å². The summed E-state index contributed by atoms with van der Waals surface area (Å²) >= 11 is 0.